The number of ether oxygens (including phenoxy) is 1. The van der Waals surface area contributed by atoms with Gasteiger partial charge in [-0.1, -0.05) is 0 Å². The minimum atomic E-state index is -0.481. The molecule has 0 aliphatic heterocycles. The molecule has 0 fully saturated rings. The van der Waals surface area contributed by atoms with Gasteiger partial charge in [-0.2, -0.15) is 5.10 Å². The van der Waals surface area contributed by atoms with E-state index < -0.39 is 5.97 Å². The van der Waals surface area contributed by atoms with Crippen LogP contribution < -0.4 is 0 Å². The average molecular weight is 374 g/mol. The number of aryl methyl sites for hydroxylation is 1. The summed E-state index contributed by atoms with van der Waals surface area (Å²) in [5, 5.41) is 4.25. The van der Waals surface area contributed by atoms with Crippen molar-refractivity contribution in [3.8, 4) is 5.69 Å². The van der Waals surface area contributed by atoms with Crippen LogP contribution in [0.4, 0.5) is 4.39 Å². The fraction of sp³-hybridized carbons (Fsp3) is 0.231. The van der Waals surface area contributed by atoms with Crippen LogP contribution in [0.2, 0.25) is 0 Å². The molecule has 2 aromatic rings. The van der Waals surface area contributed by atoms with Gasteiger partial charge in [0.15, 0.2) is 5.69 Å². The van der Waals surface area contributed by atoms with Crippen LogP contribution in [0.15, 0.2) is 18.2 Å². The Morgan fingerprint density at radius 3 is 2.68 bits per heavy atom. The van der Waals surface area contributed by atoms with E-state index in [0.717, 1.165) is 20.5 Å². The van der Waals surface area contributed by atoms with E-state index in [2.05, 4.69) is 27.7 Å². The minimum Gasteiger partial charge on any atom is -0.464 e. The third-order valence-electron chi connectivity index (χ3n) is 2.81. The summed E-state index contributed by atoms with van der Waals surface area (Å²) in [6, 6.07) is 4.44. The standard InChI is InChI=1S/C13H12FIN2O2/c1-7-6-9(14)4-5-10(7)17-8(2)11(15)12(16-17)13(18)19-3/h4-6H,1-3H3. The van der Waals surface area contributed by atoms with Crippen molar-refractivity contribution in [1.82, 2.24) is 9.78 Å². The lowest BCUT2D eigenvalue weighted by Gasteiger charge is -2.07. The normalized spacial score (nSPS) is 10.6. The van der Waals surface area contributed by atoms with Gasteiger partial charge in [-0.05, 0) is 60.2 Å². The van der Waals surface area contributed by atoms with E-state index in [4.69, 9.17) is 4.74 Å². The number of halogens is 2. The van der Waals surface area contributed by atoms with Crippen molar-refractivity contribution < 1.29 is 13.9 Å². The minimum absolute atomic E-state index is 0.268. The molecule has 2 rings (SSSR count). The molecule has 0 radical (unpaired) electrons. The molecule has 0 atom stereocenters. The zero-order valence-corrected chi connectivity index (χ0v) is 12.9. The highest BCUT2D eigenvalue weighted by Crippen LogP contribution is 2.23. The summed E-state index contributed by atoms with van der Waals surface area (Å²) in [6.07, 6.45) is 0. The average Bonchev–Trinajstić information content (AvgIpc) is 2.66. The summed E-state index contributed by atoms with van der Waals surface area (Å²) in [7, 11) is 1.32. The first-order valence-electron chi connectivity index (χ1n) is 5.55. The van der Waals surface area contributed by atoms with E-state index in [0.29, 0.717) is 0 Å². The number of nitrogens with zero attached hydrogens (tertiary/aromatic N) is 2. The van der Waals surface area contributed by atoms with Crippen LogP contribution in [-0.2, 0) is 4.74 Å². The maximum absolute atomic E-state index is 13.1. The smallest absolute Gasteiger partial charge is 0.359 e. The second-order valence-corrected chi connectivity index (χ2v) is 5.16. The van der Waals surface area contributed by atoms with Gasteiger partial charge < -0.3 is 4.74 Å². The van der Waals surface area contributed by atoms with E-state index in [1.54, 1.807) is 17.7 Å². The van der Waals surface area contributed by atoms with Crippen molar-refractivity contribution in [2.45, 2.75) is 13.8 Å². The molecule has 0 bridgehead atoms. The number of aromatic nitrogens is 2. The molecule has 100 valence electrons. The highest BCUT2D eigenvalue weighted by molar-refractivity contribution is 14.1. The van der Waals surface area contributed by atoms with Crippen LogP contribution in [0.3, 0.4) is 0 Å². The van der Waals surface area contributed by atoms with Crippen LogP contribution in [0.5, 0.6) is 0 Å². The summed E-state index contributed by atoms with van der Waals surface area (Å²) >= 11 is 2.05. The number of methoxy groups -OCH3 is 1. The van der Waals surface area contributed by atoms with Crippen molar-refractivity contribution >= 4 is 28.6 Å². The van der Waals surface area contributed by atoms with E-state index in [1.807, 2.05) is 6.92 Å². The number of hydrogen-bond donors (Lipinski definition) is 0. The maximum atomic E-state index is 13.1. The molecular weight excluding hydrogens is 362 g/mol. The molecule has 0 N–H and O–H groups in total. The lowest BCUT2D eigenvalue weighted by atomic mass is 10.2. The van der Waals surface area contributed by atoms with Gasteiger partial charge in [0.25, 0.3) is 0 Å². The quantitative estimate of drug-likeness (QED) is 0.600. The van der Waals surface area contributed by atoms with Gasteiger partial charge in [-0.3, -0.25) is 0 Å². The van der Waals surface area contributed by atoms with Crippen molar-refractivity contribution in [1.29, 1.82) is 0 Å². The predicted molar refractivity (Wildman–Crippen MR) is 77.1 cm³/mol. The highest BCUT2D eigenvalue weighted by Gasteiger charge is 2.20. The zero-order valence-electron chi connectivity index (χ0n) is 10.7. The van der Waals surface area contributed by atoms with Gasteiger partial charge in [0.1, 0.15) is 5.82 Å². The van der Waals surface area contributed by atoms with Crippen molar-refractivity contribution in [2.24, 2.45) is 0 Å². The van der Waals surface area contributed by atoms with Crippen molar-refractivity contribution in [3.63, 3.8) is 0 Å². The van der Waals surface area contributed by atoms with Gasteiger partial charge >= 0.3 is 5.97 Å². The lowest BCUT2D eigenvalue weighted by molar-refractivity contribution is 0.0592. The fourth-order valence-electron chi connectivity index (χ4n) is 1.80. The molecule has 0 spiro atoms. The third-order valence-corrected chi connectivity index (χ3v) is 4.10. The van der Waals surface area contributed by atoms with Crippen molar-refractivity contribution in [3.05, 3.63) is 44.5 Å². The van der Waals surface area contributed by atoms with Gasteiger partial charge in [0, 0.05) is 0 Å². The summed E-state index contributed by atoms with van der Waals surface area (Å²) in [5.74, 6) is -0.778. The van der Waals surface area contributed by atoms with E-state index in [-0.39, 0.29) is 11.5 Å². The fourth-order valence-corrected chi connectivity index (χ4v) is 2.36. The Morgan fingerprint density at radius 2 is 2.11 bits per heavy atom. The molecule has 0 aliphatic carbocycles. The Hall–Kier alpha value is -1.44. The Balaban J connectivity index is 2.60. The van der Waals surface area contributed by atoms with Crippen LogP contribution in [-0.4, -0.2) is 22.9 Å². The van der Waals surface area contributed by atoms with Gasteiger partial charge in [-0.15, -0.1) is 0 Å². The Kier molecular flexibility index (Phi) is 3.88. The van der Waals surface area contributed by atoms with Crippen LogP contribution >= 0.6 is 22.6 Å². The second kappa shape index (κ2) is 5.28. The molecule has 0 amide bonds. The molecule has 1 heterocycles. The summed E-state index contributed by atoms with van der Waals surface area (Å²) < 4.78 is 20.2. The second-order valence-electron chi connectivity index (χ2n) is 4.08. The predicted octanol–water partition coefficient (Wildman–Crippen LogP) is 3.02. The number of esters is 1. The molecule has 1 aromatic carbocycles. The zero-order chi connectivity index (χ0) is 14.2. The molecular formula is C13H12FIN2O2. The maximum Gasteiger partial charge on any atom is 0.359 e. The molecule has 0 aliphatic rings. The van der Waals surface area contributed by atoms with E-state index in [1.165, 1.54) is 19.2 Å². The molecule has 4 nitrogen and oxygen atoms in total. The topological polar surface area (TPSA) is 44.1 Å². The van der Waals surface area contributed by atoms with Crippen LogP contribution in [0.25, 0.3) is 5.69 Å². The summed E-state index contributed by atoms with van der Waals surface area (Å²) in [5.41, 5.74) is 2.57. The van der Waals surface area contributed by atoms with Gasteiger partial charge in [0.05, 0.1) is 22.1 Å². The molecule has 1 aromatic heterocycles. The third kappa shape index (κ3) is 2.49. The largest absolute Gasteiger partial charge is 0.464 e. The Bertz CT molecular complexity index is 652. The first kappa shape index (κ1) is 14.0. The summed E-state index contributed by atoms with van der Waals surface area (Å²) in [6.45, 7) is 3.65. The van der Waals surface area contributed by atoms with E-state index in [9.17, 15) is 9.18 Å². The molecule has 6 heteroatoms. The molecule has 0 unspecified atom stereocenters. The molecule has 19 heavy (non-hydrogen) atoms. The molecule has 0 saturated heterocycles. The highest BCUT2D eigenvalue weighted by atomic mass is 127. The number of carbonyl (C=O) groups excluding carboxylic acids is 1. The first-order valence-corrected chi connectivity index (χ1v) is 6.63. The Morgan fingerprint density at radius 1 is 1.42 bits per heavy atom. The SMILES string of the molecule is COC(=O)c1nn(-c2ccc(F)cc2C)c(C)c1I. The lowest BCUT2D eigenvalue weighted by Crippen LogP contribution is -2.06. The van der Waals surface area contributed by atoms with Gasteiger partial charge in [0.2, 0.25) is 0 Å². The molecule has 0 saturated carbocycles. The van der Waals surface area contributed by atoms with Crippen LogP contribution in [0, 0.1) is 23.2 Å². The monoisotopic (exact) mass is 374 g/mol. The number of hydrogen-bond acceptors (Lipinski definition) is 3. The number of carbonyl (C=O) groups is 1. The van der Waals surface area contributed by atoms with Gasteiger partial charge in [-0.25, -0.2) is 13.9 Å². The Labute approximate surface area is 123 Å². The van der Waals surface area contributed by atoms with Crippen LogP contribution in [0.1, 0.15) is 21.7 Å². The first-order chi connectivity index (χ1) is 8.95. The van der Waals surface area contributed by atoms with E-state index >= 15 is 0 Å². The van der Waals surface area contributed by atoms with Crippen molar-refractivity contribution in [2.75, 3.05) is 7.11 Å². The number of rotatable bonds is 2. The summed E-state index contributed by atoms with van der Waals surface area (Å²) in [4.78, 5) is 11.6. The number of benzene rings is 1.